The average Bonchev–Trinajstić information content (AvgIpc) is 3.11. The number of ether oxygens (including phenoxy) is 1. The number of nitrogens with zero attached hydrogens (tertiary/aromatic N) is 2. The molecule has 26 heavy (non-hydrogen) atoms. The molecule has 3 rings (SSSR count). The number of methoxy groups -OCH3 is 1. The van der Waals surface area contributed by atoms with E-state index in [1.165, 1.54) is 11.8 Å². The van der Waals surface area contributed by atoms with Gasteiger partial charge in [-0.3, -0.25) is 9.36 Å². The molecule has 0 saturated heterocycles. The van der Waals surface area contributed by atoms with Gasteiger partial charge in [-0.1, -0.05) is 27.7 Å². The second-order valence-electron chi connectivity index (χ2n) is 5.53. The number of imidazole rings is 1. The number of halogens is 1. The highest BCUT2D eigenvalue weighted by atomic mass is 79.9. The Morgan fingerprint density at radius 3 is 2.54 bits per heavy atom. The van der Waals surface area contributed by atoms with Gasteiger partial charge in [-0.25, -0.2) is 4.98 Å². The molecule has 1 atom stereocenters. The Labute approximate surface area is 164 Å². The normalized spacial score (nSPS) is 11.8. The molecule has 5 nitrogen and oxygen atoms in total. The maximum absolute atomic E-state index is 12.5. The number of carbonyl (C=O) groups is 1. The lowest BCUT2D eigenvalue weighted by Gasteiger charge is -2.13. The minimum absolute atomic E-state index is 0.0782. The van der Waals surface area contributed by atoms with Crippen LogP contribution in [0.15, 0.2) is 70.6 Å². The van der Waals surface area contributed by atoms with E-state index in [1.807, 2.05) is 66.2 Å². The van der Waals surface area contributed by atoms with E-state index < -0.39 is 0 Å². The van der Waals surface area contributed by atoms with Crippen LogP contribution in [0.3, 0.4) is 0 Å². The third-order valence-corrected chi connectivity index (χ3v) is 5.33. The second kappa shape index (κ2) is 8.42. The second-order valence-corrected chi connectivity index (χ2v) is 7.76. The maximum Gasteiger partial charge on any atom is 0.237 e. The molecule has 7 heteroatoms. The van der Waals surface area contributed by atoms with Gasteiger partial charge < -0.3 is 10.1 Å². The number of aromatic nitrogens is 2. The van der Waals surface area contributed by atoms with E-state index in [9.17, 15) is 4.79 Å². The summed E-state index contributed by atoms with van der Waals surface area (Å²) in [5, 5.41) is 3.38. The number of amides is 1. The Morgan fingerprint density at radius 1 is 1.19 bits per heavy atom. The fourth-order valence-electron chi connectivity index (χ4n) is 2.31. The van der Waals surface area contributed by atoms with Crippen LogP contribution in [0.25, 0.3) is 5.69 Å². The van der Waals surface area contributed by atoms with Crippen LogP contribution in [-0.2, 0) is 4.79 Å². The van der Waals surface area contributed by atoms with Gasteiger partial charge in [-0.05, 0) is 55.5 Å². The van der Waals surface area contributed by atoms with Gasteiger partial charge in [0.15, 0.2) is 5.16 Å². The van der Waals surface area contributed by atoms with Gasteiger partial charge in [-0.15, -0.1) is 0 Å². The molecular formula is C19H18BrN3O2S. The van der Waals surface area contributed by atoms with Crippen molar-refractivity contribution in [3.05, 3.63) is 65.4 Å². The fraction of sp³-hybridized carbons (Fsp3) is 0.158. The zero-order chi connectivity index (χ0) is 18.5. The third-order valence-electron chi connectivity index (χ3n) is 3.72. The zero-order valence-electron chi connectivity index (χ0n) is 14.3. The lowest BCUT2D eigenvalue weighted by atomic mass is 10.3. The number of hydrogen-bond acceptors (Lipinski definition) is 4. The number of anilines is 1. The first-order chi connectivity index (χ1) is 12.6. The molecule has 1 amide bonds. The molecule has 134 valence electrons. The highest BCUT2D eigenvalue weighted by Crippen LogP contribution is 2.26. The summed E-state index contributed by atoms with van der Waals surface area (Å²) in [7, 11) is 1.61. The van der Waals surface area contributed by atoms with Crippen molar-refractivity contribution >= 4 is 39.3 Å². The van der Waals surface area contributed by atoms with E-state index in [2.05, 4.69) is 26.2 Å². The van der Waals surface area contributed by atoms with Crippen LogP contribution in [0.1, 0.15) is 6.92 Å². The lowest BCUT2D eigenvalue weighted by molar-refractivity contribution is -0.115. The van der Waals surface area contributed by atoms with Crippen LogP contribution in [0.2, 0.25) is 0 Å². The Hall–Kier alpha value is -2.25. The molecule has 0 aliphatic rings. The highest BCUT2D eigenvalue weighted by Gasteiger charge is 2.18. The van der Waals surface area contributed by atoms with Crippen molar-refractivity contribution in [2.45, 2.75) is 17.3 Å². The summed E-state index contributed by atoms with van der Waals surface area (Å²) in [5.41, 5.74) is 1.73. The smallest absolute Gasteiger partial charge is 0.237 e. The van der Waals surface area contributed by atoms with Gasteiger partial charge in [0.05, 0.1) is 12.4 Å². The maximum atomic E-state index is 12.5. The quantitative estimate of drug-likeness (QED) is 0.571. The van der Waals surface area contributed by atoms with E-state index in [-0.39, 0.29) is 11.2 Å². The number of hydrogen-bond donors (Lipinski definition) is 1. The van der Waals surface area contributed by atoms with Crippen molar-refractivity contribution in [3.8, 4) is 11.4 Å². The summed E-state index contributed by atoms with van der Waals surface area (Å²) in [6.07, 6.45) is 3.62. The minimum atomic E-state index is -0.297. The van der Waals surface area contributed by atoms with Gasteiger partial charge in [0.2, 0.25) is 5.91 Å². The van der Waals surface area contributed by atoms with Gasteiger partial charge in [0.1, 0.15) is 5.75 Å². The van der Waals surface area contributed by atoms with E-state index in [0.717, 1.165) is 26.8 Å². The molecule has 1 heterocycles. The first-order valence-electron chi connectivity index (χ1n) is 7.97. The fourth-order valence-corrected chi connectivity index (χ4v) is 3.45. The van der Waals surface area contributed by atoms with Crippen LogP contribution in [-0.4, -0.2) is 27.8 Å². The summed E-state index contributed by atoms with van der Waals surface area (Å²) in [6, 6.07) is 15.2. The molecule has 0 radical (unpaired) electrons. The van der Waals surface area contributed by atoms with Gasteiger partial charge in [0, 0.05) is 28.2 Å². The third kappa shape index (κ3) is 4.47. The summed E-state index contributed by atoms with van der Waals surface area (Å²) in [5.74, 6) is 0.674. The van der Waals surface area contributed by atoms with Crippen LogP contribution < -0.4 is 10.1 Å². The van der Waals surface area contributed by atoms with Crippen molar-refractivity contribution in [2.75, 3.05) is 12.4 Å². The number of thioether (sulfide) groups is 1. The first-order valence-corrected chi connectivity index (χ1v) is 9.65. The van der Waals surface area contributed by atoms with Crippen molar-refractivity contribution in [1.29, 1.82) is 0 Å². The summed E-state index contributed by atoms with van der Waals surface area (Å²) in [6.45, 7) is 1.87. The number of rotatable bonds is 6. The molecule has 1 N–H and O–H groups in total. The molecule has 0 spiro atoms. The van der Waals surface area contributed by atoms with E-state index in [4.69, 9.17) is 4.74 Å². The Bertz CT molecular complexity index is 879. The van der Waals surface area contributed by atoms with Gasteiger partial charge in [-0.2, -0.15) is 0 Å². The van der Waals surface area contributed by atoms with Crippen LogP contribution in [0.5, 0.6) is 5.75 Å². The first kappa shape index (κ1) is 18.5. The predicted octanol–water partition coefficient (Wildman–Crippen LogP) is 4.76. The molecule has 0 bridgehead atoms. The number of nitrogens with one attached hydrogen (secondary N) is 1. The molecule has 0 fully saturated rings. The molecule has 0 aliphatic carbocycles. The monoisotopic (exact) mass is 431 g/mol. The van der Waals surface area contributed by atoms with E-state index in [1.54, 1.807) is 13.3 Å². The van der Waals surface area contributed by atoms with E-state index >= 15 is 0 Å². The summed E-state index contributed by atoms with van der Waals surface area (Å²) < 4.78 is 8.11. The summed E-state index contributed by atoms with van der Waals surface area (Å²) >= 11 is 4.85. The Morgan fingerprint density at radius 2 is 1.88 bits per heavy atom. The number of benzene rings is 2. The molecule has 0 saturated carbocycles. The van der Waals surface area contributed by atoms with Crippen molar-refractivity contribution in [1.82, 2.24) is 9.55 Å². The van der Waals surface area contributed by atoms with Crippen molar-refractivity contribution in [3.63, 3.8) is 0 Å². The standard InChI is InChI=1S/C19H18BrN3O2S/c1-13(18(24)22-15-5-9-17(25-2)10-6-15)26-19-21-11-12-23(19)16-7-3-14(20)4-8-16/h3-13H,1-2H3,(H,22,24). The van der Waals surface area contributed by atoms with Crippen LogP contribution in [0, 0.1) is 0 Å². The molecule has 2 aromatic carbocycles. The molecular weight excluding hydrogens is 414 g/mol. The average molecular weight is 432 g/mol. The topological polar surface area (TPSA) is 56.1 Å². The largest absolute Gasteiger partial charge is 0.497 e. The van der Waals surface area contributed by atoms with Crippen LogP contribution in [0.4, 0.5) is 5.69 Å². The van der Waals surface area contributed by atoms with Gasteiger partial charge >= 0.3 is 0 Å². The Balaban J connectivity index is 1.67. The highest BCUT2D eigenvalue weighted by molar-refractivity contribution is 9.10. The number of carbonyl (C=O) groups excluding carboxylic acids is 1. The Kier molecular flexibility index (Phi) is 6.00. The SMILES string of the molecule is COc1ccc(NC(=O)C(C)Sc2nccn2-c2ccc(Br)cc2)cc1. The van der Waals surface area contributed by atoms with E-state index in [0.29, 0.717) is 0 Å². The lowest BCUT2D eigenvalue weighted by Crippen LogP contribution is -2.22. The zero-order valence-corrected chi connectivity index (χ0v) is 16.8. The van der Waals surface area contributed by atoms with Crippen LogP contribution >= 0.6 is 27.7 Å². The van der Waals surface area contributed by atoms with Gasteiger partial charge in [0.25, 0.3) is 0 Å². The van der Waals surface area contributed by atoms with Crippen molar-refractivity contribution < 1.29 is 9.53 Å². The molecule has 0 aliphatic heterocycles. The molecule has 3 aromatic rings. The predicted molar refractivity (Wildman–Crippen MR) is 108 cm³/mol. The summed E-state index contributed by atoms with van der Waals surface area (Å²) in [4.78, 5) is 16.9. The minimum Gasteiger partial charge on any atom is -0.497 e. The molecule has 1 aromatic heterocycles. The van der Waals surface area contributed by atoms with Crippen molar-refractivity contribution in [2.24, 2.45) is 0 Å². The molecule has 1 unspecified atom stereocenters.